The molecule has 0 aliphatic carbocycles. The minimum absolute atomic E-state index is 0.112. The first-order chi connectivity index (χ1) is 17.6. The molecule has 1 aliphatic heterocycles. The summed E-state index contributed by atoms with van der Waals surface area (Å²) < 4.78 is 27.6. The number of nitrogens with zero attached hydrogens (tertiary/aromatic N) is 3. The number of rotatable bonds is 6. The van der Waals surface area contributed by atoms with Crippen LogP contribution < -0.4 is 16.0 Å². The van der Waals surface area contributed by atoms with Crippen molar-refractivity contribution in [3.05, 3.63) is 78.5 Å². The average Bonchev–Trinajstić information content (AvgIpc) is 3.15. The Labute approximate surface area is 216 Å². The van der Waals surface area contributed by atoms with Gasteiger partial charge in [0, 0.05) is 29.4 Å². The molecule has 1 atom stereocenters. The van der Waals surface area contributed by atoms with Crippen LogP contribution >= 0.6 is 0 Å². The number of hydrogen-bond donors (Lipinski definition) is 2. The lowest BCUT2D eigenvalue weighted by Crippen LogP contribution is -2.40. The van der Waals surface area contributed by atoms with E-state index in [0.717, 1.165) is 22.9 Å². The molecule has 0 spiro atoms. The third-order valence-corrected chi connectivity index (χ3v) is 8.51. The highest BCUT2D eigenvalue weighted by Crippen LogP contribution is 2.39. The molecular weight excluding hydrogens is 486 g/mol. The second-order valence-electron chi connectivity index (χ2n) is 10.1. The van der Waals surface area contributed by atoms with E-state index in [1.54, 1.807) is 12.1 Å². The summed E-state index contributed by atoms with van der Waals surface area (Å²) in [6.45, 7) is 6.86. The van der Waals surface area contributed by atoms with Crippen LogP contribution in [0.2, 0.25) is 0 Å². The number of nitrogens with one attached hydrogen (secondary N) is 1. The number of amides is 1. The predicted molar refractivity (Wildman–Crippen MR) is 145 cm³/mol. The molecule has 2 aromatic heterocycles. The monoisotopic (exact) mass is 515 g/mol. The minimum atomic E-state index is -4.19. The van der Waals surface area contributed by atoms with Gasteiger partial charge in [-0.3, -0.25) is 4.79 Å². The van der Waals surface area contributed by atoms with E-state index in [-0.39, 0.29) is 26.8 Å². The van der Waals surface area contributed by atoms with Gasteiger partial charge in [0.25, 0.3) is 5.91 Å². The van der Waals surface area contributed by atoms with Crippen LogP contribution in [0.25, 0.3) is 10.8 Å². The van der Waals surface area contributed by atoms with Crippen LogP contribution in [0.15, 0.2) is 82.8 Å². The van der Waals surface area contributed by atoms with Crippen molar-refractivity contribution in [2.75, 3.05) is 16.8 Å². The van der Waals surface area contributed by atoms with Crippen LogP contribution in [0.1, 0.15) is 37.6 Å². The topological polar surface area (TPSA) is 118 Å². The van der Waals surface area contributed by atoms with Gasteiger partial charge in [-0.15, -0.1) is 0 Å². The van der Waals surface area contributed by atoms with Crippen molar-refractivity contribution >= 4 is 43.8 Å². The van der Waals surface area contributed by atoms with Gasteiger partial charge < -0.3 is 16.0 Å². The SMILES string of the molecule is CC1CN(c2nccc(S(=O)(=O)c3cccc(Nc4cccc5ccccc45)n3)c2C(N)=O)C(C)(C)C1. The molecule has 5 rings (SSSR count). The second kappa shape index (κ2) is 9.15. The van der Waals surface area contributed by atoms with Crippen LogP contribution in [-0.4, -0.2) is 36.4 Å². The fourth-order valence-corrected chi connectivity index (χ4v) is 6.67. The second-order valence-corrected chi connectivity index (χ2v) is 12.0. The van der Waals surface area contributed by atoms with Crippen LogP contribution in [0, 0.1) is 5.92 Å². The number of carbonyl (C=O) groups excluding carboxylic acids is 1. The Bertz CT molecular complexity index is 1610. The van der Waals surface area contributed by atoms with Crippen molar-refractivity contribution in [3.63, 3.8) is 0 Å². The minimum Gasteiger partial charge on any atom is -0.365 e. The molecule has 3 N–H and O–H groups in total. The maximum absolute atomic E-state index is 13.8. The third kappa shape index (κ3) is 4.51. The number of anilines is 3. The lowest BCUT2D eigenvalue weighted by atomic mass is 9.97. The van der Waals surface area contributed by atoms with Gasteiger partial charge in [0.2, 0.25) is 9.84 Å². The smallest absolute Gasteiger partial charge is 0.253 e. The molecule has 1 aliphatic rings. The molecule has 8 nitrogen and oxygen atoms in total. The molecule has 0 bridgehead atoms. The van der Waals surface area contributed by atoms with E-state index in [4.69, 9.17) is 5.73 Å². The van der Waals surface area contributed by atoms with Crippen LogP contribution in [0.5, 0.6) is 0 Å². The number of sulfone groups is 1. The molecule has 0 radical (unpaired) electrons. The molecule has 9 heteroatoms. The van der Waals surface area contributed by atoms with Gasteiger partial charge in [-0.2, -0.15) is 0 Å². The molecule has 1 fully saturated rings. The van der Waals surface area contributed by atoms with Gasteiger partial charge >= 0.3 is 0 Å². The maximum Gasteiger partial charge on any atom is 0.253 e. The lowest BCUT2D eigenvalue weighted by Gasteiger charge is -2.33. The van der Waals surface area contributed by atoms with Gasteiger partial charge in [-0.05, 0) is 55.8 Å². The van der Waals surface area contributed by atoms with E-state index in [1.165, 1.54) is 18.3 Å². The van der Waals surface area contributed by atoms with Gasteiger partial charge in [0.15, 0.2) is 5.03 Å². The normalized spacial score (nSPS) is 17.2. The third-order valence-electron chi connectivity index (χ3n) is 6.81. The highest BCUT2D eigenvalue weighted by atomic mass is 32.2. The summed E-state index contributed by atoms with van der Waals surface area (Å²) in [4.78, 5) is 23.3. The first-order valence-electron chi connectivity index (χ1n) is 12.1. The number of primary amides is 1. The summed E-state index contributed by atoms with van der Waals surface area (Å²) in [6.07, 6.45) is 2.29. The molecule has 3 heterocycles. The summed E-state index contributed by atoms with van der Waals surface area (Å²) in [5.74, 6) is 0.160. The van der Waals surface area contributed by atoms with E-state index >= 15 is 0 Å². The predicted octanol–water partition coefficient (Wildman–Crippen LogP) is 4.93. The van der Waals surface area contributed by atoms with Crippen molar-refractivity contribution in [1.82, 2.24) is 9.97 Å². The van der Waals surface area contributed by atoms with Crippen molar-refractivity contribution < 1.29 is 13.2 Å². The Morgan fingerprint density at radius 1 is 1.05 bits per heavy atom. The van der Waals surface area contributed by atoms with Crippen molar-refractivity contribution in [1.29, 1.82) is 0 Å². The molecule has 2 aromatic carbocycles. The first-order valence-corrected chi connectivity index (χ1v) is 13.6. The first kappa shape index (κ1) is 24.7. The van der Waals surface area contributed by atoms with E-state index in [2.05, 4.69) is 22.2 Å². The van der Waals surface area contributed by atoms with Crippen LogP contribution in [0.4, 0.5) is 17.3 Å². The maximum atomic E-state index is 13.8. The number of aromatic nitrogens is 2. The molecular formula is C28H29N5O3S. The molecule has 37 heavy (non-hydrogen) atoms. The Hall–Kier alpha value is -3.98. The molecule has 1 unspecified atom stereocenters. The Balaban J connectivity index is 1.57. The van der Waals surface area contributed by atoms with Crippen LogP contribution in [0.3, 0.4) is 0 Å². The quantitative estimate of drug-likeness (QED) is 0.374. The summed E-state index contributed by atoms with van der Waals surface area (Å²) in [6, 6.07) is 19.8. The molecule has 190 valence electrons. The van der Waals surface area contributed by atoms with Crippen molar-refractivity contribution in [3.8, 4) is 0 Å². The Morgan fingerprint density at radius 3 is 2.51 bits per heavy atom. The highest BCUT2D eigenvalue weighted by molar-refractivity contribution is 7.91. The zero-order valence-electron chi connectivity index (χ0n) is 21.0. The van der Waals surface area contributed by atoms with E-state index < -0.39 is 15.7 Å². The molecule has 1 amide bonds. The fraction of sp³-hybridized carbons (Fsp3) is 0.250. The number of hydrogen-bond acceptors (Lipinski definition) is 7. The van der Waals surface area contributed by atoms with Crippen molar-refractivity contribution in [2.24, 2.45) is 11.7 Å². The van der Waals surface area contributed by atoms with Gasteiger partial charge in [0.1, 0.15) is 17.2 Å². The number of pyridine rings is 2. The van der Waals surface area contributed by atoms with E-state index in [0.29, 0.717) is 18.3 Å². The molecule has 0 saturated carbocycles. The average molecular weight is 516 g/mol. The number of benzene rings is 2. The zero-order chi connectivity index (χ0) is 26.4. The summed E-state index contributed by atoms with van der Waals surface area (Å²) in [7, 11) is -4.19. The van der Waals surface area contributed by atoms with Crippen molar-refractivity contribution in [2.45, 2.75) is 42.7 Å². The summed E-state index contributed by atoms with van der Waals surface area (Å²) in [5.41, 5.74) is 6.15. The number of fused-ring (bicyclic) bond motifs is 1. The van der Waals surface area contributed by atoms with Crippen LogP contribution in [-0.2, 0) is 9.84 Å². The summed E-state index contributed by atoms with van der Waals surface area (Å²) in [5, 5.41) is 5.07. The Kier molecular flexibility index (Phi) is 6.11. The van der Waals surface area contributed by atoms with Gasteiger partial charge in [-0.25, -0.2) is 18.4 Å². The number of carbonyl (C=O) groups is 1. The summed E-state index contributed by atoms with van der Waals surface area (Å²) >= 11 is 0. The number of nitrogens with two attached hydrogens (primary N) is 1. The van der Waals surface area contributed by atoms with E-state index in [1.807, 2.05) is 61.2 Å². The largest absolute Gasteiger partial charge is 0.365 e. The Morgan fingerprint density at radius 2 is 1.78 bits per heavy atom. The van der Waals surface area contributed by atoms with Gasteiger partial charge in [-0.1, -0.05) is 49.4 Å². The zero-order valence-corrected chi connectivity index (χ0v) is 21.8. The lowest BCUT2D eigenvalue weighted by molar-refractivity contribution is 0.0997. The standard InChI is InChI=1S/C28H29N5O3S/c1-18-16-28(2,3)33(17-18)27-25(26(29)34)22(14-15-30-27)37(35,36)24-13-7-12-23(32-24)31-21-11-6-9-19-8-4-5-10-20(19)21/h4-15,18H,16-17H2,1-3H3,(H2,29,34)(H,31,32). The molecule has 1 saturated heterocycles. The highest BCUT2D eigenvalue weighted by Gasteiger charge is 2.40. The fourth-order valence-electron chi connectivity index (χ4n) is 5.27. The van der Waals surface area contributed by atoms with Gasteiger partial charge in [0.05, 0.1) is 4.90 Å². The molecule has 4 aromatic rings. The van der Waals surface area contributed by atoms with E-state index in [9.17, 15) is 13.2 Å².